The molecule has 0 spiro atoms. The quantitative estimate of drug-likeness (QED) is 0.817. The zero-order chi connectivity index (χ0) is 13.6. The fourth-order valence-corrected chi connectivity index (χ4v) is 3.35. The molecule has 0 aromatic rings. The van der Waals surface area contributed by atoms with Crippen LogP contribution < -0.4 is 5.32 Å². The highest BCUT2D eigenvalue weighted by Crippen LogP contribution is 2.41. The fraction of sp³-hybridized carbons (Fsp3) is 0.857. The van der Waals surface area contributed by atoms with Gasteiger partial charge in [0.05, 0.1) is 12.1 Å². The van der Waals surface area contributed by atoms with E-state index in [1.165, 1.54) is 12.8 Å². The highest BCUT2D eigenvalue weighted by atomic mass is 16.5. The number of carbonyl (C=O) groups excluding carboxylic acids is 2. The summed E-state index contributed by atoms with van der Waals surface area (Å²) in [5.41, 5.74) is 0. The highest BCUT2D eigenvalue weighted by molar-refractivity contribution is 5.96. The number of carbonyl (C=O) groups is 2. The lowest BCUT2D eigenvalue weighted by atomic mass is 9.98. The molecule has 2 heterocycles. The maximum Gasteiger partial charge on any atom is 0.246 e. The van der Waals surface area contributed by atoms with Crippen molar-refractivity contribution in [3.8, 4) is 0 Å². The van der Waals surface area contributed by atoms with Crippen LogP contribution in [-0.4, -0.2) is 47.6 Å². The summed E-state index contributed by atoms with van der Waals surface area (Å²) in [6.45, 7) is 4.46. The largest absolute Gasteiger partial charge is 0.376 e. The highest BCUT2D eigenvalue weighted by Gasteiger charge is 2.49. The Balaban J connectivity index is 1.83. The van der Waals surface area contributed by atoms with Crippen molar-refractivity contribution in [2.45, 2.75) is 63.8 Å². The van der Waals surface area contributed by atoms with E-state index >= 15 is 0 Å². The van der Waals surface area contributed by atoms with Crippen LogP contribution in [0.3, 0.4) is 0 Å². The molecule has 0 aromatic carbocycles. The second-order valence-corrected chi connectivity index (χ2v) is 5.92. The van der Waals surface area contributed by atoms with E-state index in [1.54, 1.807) is 0 Å². The normalized spacial score (nSPS) is 39.6. The molecule has 106 valence electrons. The second-order valence-electron chi connectivity index (χ2n) is 5.92. The van der Waals surface area contributed by atoms with Gasteiger partial charge in [0.2, 0.25) is 11.8 Å². The van der Waals surface area contributed by atoms with Crippen molar-refractivity contribution in [2.75, 3.05) is 6.61 Å². The molecule has 0 aromatic heterocycles. The Morgan fingerprint density at radius 1 is 1.32 bits per heavy atom. The van der Waals surface area contributed by atoms with Crippen molar-refractivity contribution in [3.63, 3.8) is 0 Å². The molecule has 2 aliphatic heterocycles. The summed E-state index contributed by atoms with van der Waals surface area (Å²) >= 11 is 0. The van der Waals surface area contributed by atoms with Gasteiger partial charge in [0.25, 0.3) is 0 Å². The molecule has 2 amide bonds. The molecule has 19 heavy (non-hydrogen) atoms. The summed E-state index contributed by atoms with van der Waals surface area (Å²) in [6, 6.07) is -0.637. The number of hydrogen-bond donors (Lipinski definition) is 1. The van der Waals surface area contributed by atoms with Crippen LogP contribution in [0.4, 0.5) is 0 Å². The van der Waals surface area contributed by atoms with E-state index in [1.807, 2.05) is 18.7 Å². The van der Waals surface area contributed by atoms with Crippen LogP contribution in [0.1, 0.15) is 39.5 Å². The molecular formula is C14H22N2O3. The van der Waals surface area contributed by atoms with Crippen molar-refractivity contribution < 1.29 is 14.3 Å². The molecule has 3 rings (SSSR count). The number of ether oxygens (including phenoxy) is 1. The number of nitrogens with one attached hydrogen (secondary N) is 1. The summed E-state index contributed by atoms with van der Waals surface area (Å²) < 4.78 is 5.82. The zero-order valence-electron chi connectivity index (χ0n) is 11.6. The first-order valence-corrected chi connectivity index (χ1v) is 7.37. The summed E-state index contributed by atoms with van der Waals surface area (Å²) in [7, 11) is 0. The van der Waals surface area contributed by atoms with Crippen molar-refractivity contribution in [1.29, 1.82) is 0 Å². The van der Waals surface area contributed by atoms with Crippen LogP contribution in [0.2, 0.25) is 0 Å². The molecule has 0 bridgehead atoms. The summed E-state index contributed by atoms with van der Waals surface area (Å²) in [5, 5.41) is 2.81. The Bertz CT molecular complexity index is 394. The van der Waals surface area contributed by atoms with E-state index in [-0.39, 0.29) is 36.0 Å². The SMILES string of the molecule is CCC1NC(=O)C(C)N(C2CCOC2C2CC2)C1=O. The number of amides is 2. The minimum atomic E-state index is -0.372. The van der Waals surface area contributed by atoms with Gasteiger partial charge in [-0.15, -0.1) is 0 Å². The predicted molar refractivity (Wildman–Crippen MR) is 69.4 cm³/mol. The Kier molecular flexibility index (Phi) is 3.25. The Morgan fingerprint density at radius 3 is 2.68 bits per heavy atom. The first-order valence-electron chi connectivity index (χ1n) is 7.37. The maximum atomic E-state index is 12.5. The summed E-state index contributed by atoms with van der Waals surface area (Å²) in [5.74, 6) is 0.626. The zero-order valence-corrected chi connectivity index (χ0v) is 11.6. The second kappa shape index (κ2) is 4.78. The van der Waals surface area contributed by atoms with E-state index in [2.05, 4.69) is 5.32 Å². The smallest absolute Gasteiger partial charge is 0.246 e. The van der Waals surface area contributed by atoms with Gasteiger partial charge in [-0.05, 0) is 38.5 Å². The van der Waals surface area contributed by atoms with Gasteiger partial charge in [0.15, 0.2) is 0 Å². The molecule has 4 atom stereocenters. The molecule has 1 aliphatic carbocycles. The Hall–Kier alpha value is -1.10. The van der Waals surface area contributed by atoms with Crippen LogP contribution in [0.15, 0.2) is 0 Å². The van der Waals surface area contributed by atoms with E-state index in [0.717, 1.165) is 6.42 Å². The van der Waals surface area contributed by atoms with Gasteiger partial charge < -0.3 is 15.0 Å². The molecule has 2 saturated heterocycles. The van der Waals surface area contributed by atoms with Crippen molar-refractivity contribution in [3.05, 3.63) is 0 Å². The Labute approximate surface area is 113 Å². The lowest BCUT2D eigenvalue weighted by Crippen LogP contribution is -2.65. The molecule has 0 radical (unpaired) electrons. The van der Waals surface area contributed by atoms with Crippen molar-refractivity contribution >= 4 is 11.8 Å². The number of nitrogens with zero attached hydrogens (tertiary/aromatic N) is 1. The average Bonchev–Trinajstić information content (AvgIpc) is 3.14. The molecule has 3 aliphatic rings. The van der Waals surface area contributed by atoms with E-state index in [0.29, 0.717) is 18.9 Å². The molecule has 1 saturated carbocycles. The van der Waals surface area contributed by atoms with Gasteiger partial charge in [-0.25, -0.2) is 0 Å². The lowest BCUT2D eigenvalue weighted by molar-refractivity contribution is -0.153. The number of piperazine rings is 1. The molecule has 1 N–H and O–H groups in total. The maximum absolute atomic E-state index is 12.5. The van der Waals surface area contributed by atoms with Crippen LogP contribution >= 0.6 is 0 Å². The summed E-state index contributed by atoms with van der Waals surface area (Å²) in [4.78, 5) is 26.4. The van der Waals surface area contributed by atoms with E-state index in [9.17, 15) is 9.59 Å². The van der Waals surface area contributed by atoms with Crippen molar-refractivity contribution in [2.24, 2.45) is 5.92 Å². The topological polar surface area (TPSA) is 58.6 Å². The van der Waals surface area contributed by atoms with Crippen LogP contribution in [0, 0.1) is 5.92 Å². The lowest BCUT2D eigenvalue weighted by Gasteiger charge is -2.42. The molecular weight excluding hydrogens is 244 g/mol. The van der Waals surface area contributed by atoms with E-state index in [4.69, 9.17) is 4.74 Å². The fourth-order valence-electron chi connectivity index (χ4n) is 3.35. The third-order valence-electron chi connectivity index (χ3n) is 4.62. The molecule has 4 unspecified atom stereocenters. The molecule has 5 nitrogen and oxygen atoms in total. The first-order chi connectivity index (χ1) is 9.13. The third kappa shape index (κ3) is 2.14. The van der Waals surface area contributed by atoms with E-state index < -0.39 is 0 Å². The average molecular weight is 266 g/mol. The van der Waals surface area contributed by atoms with Crippen LogP contribution in [0.25, 0.3) is 0 Å². The summed E-state index contributed by atoms with van der Waals surface area (Å²) in [6.07, 6.45) is 4.05. The first kappa shape index (κ1) is 12.9. The standard InChI is InChI=1S/C14H22N2O3/c1-3-10-14(18)16(8(2)13(17)15-10)11-6-7-19-12(11)9-4-5-9/h8-12H,3-7H2,1-2H3,(H,15,17). The van der Waals surface area contributed by atoms with Gasteiger partial charge >= 0.3 is 0 Å². The minimum absolute atomic E-state index is 0.0344. The molecule has 5 heteroatoms. The van der Waals surface area contributed by atoms with Gasteiger partial charge in [0, 0.05) is 6.61 Å². The number of rotatable bonds is 3. The third-order valence-corrected chi connectivity index (χ3v) is 4.62. The minimum Gasteiger partial charge on any atom is -0.376 e. The van der Waals surface area contributed by atoms with Crippen LogP contribution in [-0.2, 0) is 14.3 Å². The Morgan fingerprint density at radius 2 is 2.05 bits per heavy atom. The van der Waals surface area contributed by atoms with Gasteiger partial charge in [-0.1, -0.05) is 6.92 Å². The van der Waals surface area contributed by atoms with Gasteiger partial charge in [0.1, 0.15) is 12.1 Å². The van der Waals surface area contributed by atoms with Gasteiger partial charge in [-0.2, -0.15) is 0 Å². The predicted octanol–water partition coefficient (Wildman–Crippen LogP) is 0.679. The monoisotopic (exact) mass is 266 g/mol. The van der Waals surface area contributed by atoms with Crippen LogP contribution in [0.5, 0.6) is 0 Å². The van der Waals surface area contributed by atoms with Gasteiger partial charge in [-0.3, -0.25) is 9.59 Å². The number of hydrogen-bond acceptors (Lipinski definition) is 3. The molecule has 3 fully saturated rings. The van der Waals surface area contributed by atoms with Crippen molar-refractivity contribution in [1.82, 2.24) is 10.2 Å².